The lowest BCUT2D eigenvalue weighted by atomic mass is 10.0. The van der Waals surface area contributed by atoms with Gasteiger partial charge in [0.2, 0.25) is 0 Å². The standard InChI is InChI=1S/C32H29F5N4O3/c1-20-28(22-12-8-15-27(44-2)29(22)34)30(42)41(19-26(39-17-7-6-16-38)21-10-4-3-5-11-21)31(43)40(20)18-23-24(32(35,36)37)13-9-14-25(23)33/h3-5,8-15,26,39H,6-7,17-19H2,1-2H3/t26-/m0/s1. The maximum atomic E-state index is 15.6. The van der Waals surface area contributed by atoms with Crippen LogP contribution in [0.25, 0.3) is 11.1 Å². The van der Waals surface area contributed by atoms with Gasteiger partial charge >= 0.3 is 11.9 Å². The van der Waals surface area contributed by atoms with Gasteiger partial charge in [-0.2, -0.15) is 18.4 Å². The van der Waals surface area contributed by atoms with E-state index in [2.05, 4.69) is 5.32 Å². The first-order chi connectivity index (χ1) is 21.0. The molecule has 0 spiro atoms. The number of hydrogen-bond donors (Lipinski definition) is 1. The fourth-order valence-corrected chi connectivity index (χ4v) is 5.06. The molecule has 0 bridgehead atoms. The van der Waals surface area contributed by atoms with Crippen LogP contribution in [0.4, 0.5) is 22.0 Å². The molecule has 44 heavy (non-hydrogen) atoms. The molecule has 1 N–H and O–H groups in total. The van der Waals surface area contributed by atoms with Gasteiger partial charge in [-0.1, -0.05) is 48.5 Å². The Kier molecular flexibility index (Phi) is 10.0. The van der Waals surface area contributed by atoms with E-state index in [1.54, 1.807) is 30.3 Å². The summed E-state index contributed by atoms with van der Waals surface area (Å²) in [5.74, 6) is -2.30. The smallest absolute Gasteiger partial charge is 0.416 e. The zero-order valence-electron chi connectivity index (χ0n) is 23.9. The third-order valence-electron chi connectivity index (χ3n) is 7.30. The lowest BCUT2D eigenvalue weighted by molar-refractivity contribution is -0.138. The molecule has 0 saturated carbocycles. The van der Waals surface area contributed by atoms with Crippen molar-refractivity contribution >= 4 is 0 Å². The van der Waals surface area contributed by atoms with Crippen LogP contribution < -0.4 is 21.3 Å². The predicted molar refractivity (Wildman–Crippen MR) is 154 cm³/mol. The molecular weight excluding hydrogens is 583 g/mol. The first kappa shape index (κ1) is 32.2. The van der Waals surface area contributed by atoms with E-state index in [-0.39, 0.29) is 35.5 Å². The van der Waals surface area contributed by atoms with Gasteiger partial charge in [-0.05, 0) is 43.7 Å². The van der Waals surface area contributed by atoms with Gasteiger partial charge in [0.1, 0.15) is 5.82 Å². The number of nitrogens with one attached hydrogen (secondary N) is 1. The number of rotatable bonds is 11. The van der Waals surface area contributed by atoms with E-state index in [1.807, 2.05) is 6.07 Å². The van der Waals surface area contributed by atoms with Gasteiger partial charge in [0, 0.05) is 23.2 Å². The minimum atomic E-state index is -4.93. The van der Waals surface area contributed by atoms with Crippen molar-refractivity contribution in [2.24, 2.45) is 0 Å². The number of methoxy groups -OCH3 is 1. The molecule has 0 amide bonds. The van der Waals surface area contributed by atoms with E-state index < -0.39 is 52.8 Å². The quantitative estimate of drug-likeness (QED) is 0.167. The average molecular weight is 613 g/mol. The minimum Gasteiger partial charge on any atom is -0.494 e. The van der Waals surface area contributed by atoms with E-state index in [0.29, 0.717) is 24.6 Å². The summed E-state index contributed by atoms with van der Waals surface area (Å²) in [6, 6.07) is 16.7. The summed E-state index contributed by atoms with van der Waals surface area (Å²) >= 11 is 0. The van der Waals surface area contributed by atoms with Gasteiger partial charge < -0.3 is 10.1 Å². The second-order valence-electron chi connectivity index (χ2n) is 10.0. The molecule has 0 aliphatic carbocycles. The maximum absolute atomic E-state index is 15.6. The van der Waals surface area contributed by atoms with Crippen LogP contribution in [-0.4, -0.2) is 22.8 Å². The first-order valence-corrected chi connectivity index (χ1v) is 13.7. The van der Waals surface area contributed by atoms with Crippen molar-refractivity contribution in [1.82, 2.24) is 14.5 Å². The highest BCUT2D eigenvalue weighted by Crippen LogP contribution is 2.34. The molecule has 0 aliphatic rings. The highest BCUT2D eigenvalue weighted by molar-refractivity contribution is 5.67. The molecule has 4 aromatic rings. The highest BCUT2D eigenvalue weighted by Gasteiger charge is 2.35. The zero-order chi connectivity index (χ0) is 32.0. The van der Waals surface area contributed by atoms with E-state index in [4.69, 9.17) is 10.00 Å². The third-order valence-corrected chi connectivity index (χ3v) is 7.30. The van der Waals surface area contributed by atoms with Gasteiger partial charge in [-0.15, -0.1) is 0 Å². The highest BCUT2D eigenvalue weighted by atomic mass is 19.4. The largest absolute Gasteiger partial charge is 0.494 e. The molecule has 0 unspecified atom stereocenters. The van der Waals surface area contributed by atoms with Gasteiger partial charge in [0.25, 0.3) is 5.56 Å². The molecule has 1 atom stereocenters. The van der Waals surface area contributed by atoms with Crippen molar-refractivity contribution in [1.29, 1.82) is 5.26 Å². The summed E-state index contributed by atoms with van der Waals surface area (Å²) < 4.78 is 78.9. The molecule has 0 saturated heterocycles. The Labute approximate surface area is 249 Å². The van der Waals surface area contributed by atoms with Crippen molar-refractivity contribution in [3.05, 3.63) is 122 Å². The molecule has 7 nitrogen and oxygen atoms in total. The Hall–Kier alpha value is -4.76. The number of halogens is 5. The fourth-order valence-electron chi connectivity index (χ4n) is 5.06. The van der Waals surface area contributed by atoms with Crippen molar-refractivity contribution in [3.8, 4) is 22.9 Å². The Balaban J connectivity index is 1.97. The number of ether oxygens (including phenoxy) is 1. The van der Waals surface area contributed by atoms with Crippen LogP contribution in [0.3, 0.4) is 0 Å². The summed E-state index contributed by atoms with van der Waals surface area (Å²) in [7, 11) is 1.23. The van der Waals surface area contributed by atoms with Crippen LogP contribution in [-0.2, 0) is 19.3 Å². The second-order valence-corrected chi connectivity index (χ2v) is 10.0. The lowest BCUT2D eigenvalue weighted by Crippen LogP contribution is -2.45. The van der Waals surface area contributed by atoms with E-state index in [9.17, 15) is 27.2 Å². The van der Waals surface area contributed by atoms with Crippen LogP contribution in [0.2, 0.25) is 0 Å². The molecule has 12 heteroatoms. The summed E-state index contributed by atoms with van der Waals surface area (Å²) in [5.41, 5.74) is -3.97. The van der Waals surface area contributed by atoms with Crippen LogP contribution in [0, 0.1) is 29.9 Å². The van der Waals surface area contributed by atoms with Crippen LogP contribution in [0.1, 0.15) is 41.3 Å². The van der Waals surface area contributed by atoms with Crippen LogP contribution in [0.5, 0.6) is 5.75 Å². The Bertz CT molecular complexity index is 1790. The van der Waals surface area contributed by atoms with Crippen molar-refractivity contribution in [2.75, 3.05) is 13.7 Å². The number of alkyl halides is 3. The molecule has 1 heterocycles. The number of aromatic nitrogens is 2. The number of nitriles is 1. The molecule has 4 rings (SSSR count). The van der Waals surface area contributed by atoms with E-state index in [0.717, 1.165) is 21.3 Å². The Morgan fingerprint density at radius 1 is 0.977 bits per heavy atom. The molecule has 230 valence electrons. The number of unbranched alkanes of at least 4 members (excludes halogenated alkanes) is 1. The molecule has 0 fully saturated rings. The maximum Gasteiger partial charge on any atom is 0.416 e. The SMILES string of the molecule is COc1cccc(-c2c(C)n(Cc3c(F)cccc3C(F)(F)F)c(=O)n(C[C@H](NCCCC#N)c3ccccc3)c2=O)c1F. The summed E-state index contributed by atoms with van der Waals surface area (Å²) in [6.45, 7) is 0.473. The third kappa shape index (κ3) is 6.73. The molecule has 3 aromatic carbocycles. The van der Waals surface area contributed by atoms with Crippen molar-refractivity contribution in [2.45, 2.75) is 45.1 Å². The van der Waals surface area contributed by atoms with Gasteiger partial charge in [-0.3, -0.25) is 13.9 Å². The topological polar surface area (TPSA) is 89.0 Å². The van der Waals surface area contributed by atoms with Crippen LogP contribution >= 0.6 is 0 Å². The summed E-state index contributed by atoms with van der Waals surface area (Å²) in [4.78, 5) is 28.0. The molecule has 1 aromatic heterocycles. The normalized spacial score (nSPS) is 12.1. The monoisotopic (exact) mass is 612 g/mol. The summed E-state index contributed by atoms with van der Waals surface area (Å²) in [6.07, 6.45) is -4.20. The molecule has 0 radical (unpaired) electrons. The second kappa shape index (κ2) is 13.7. The zero-order valence-corrected chi connectivity index (χ0v) is 23.9. The predicted octanol–water partition coefficient (Wildman–Crippen LogP) is 5.97. The average Bonchev–Trinajstić information content (AvgIpc) is 3.00. The fraction of sp³-hybridized carbons (Fsp3) is 0.281. The van der Waals surface area contributed by atoms with Gasteiger partial charge in [0.05, 0.1) is 43.4 Å². The number of hydrogen-bond acceptors (Lipinski definition) is 5. The number of nitrogens with zero attached hydrogens (tertiary/aromatic N) is 3. The van der Waals surface area contributed by atoms with Crippen LogP contribution in [0.15, 0.2) is 76.3 Å². The molecule has 0 aliphatic heterocycles. The Morgan fingerprint density at radius 2 is 1.68 bits per heavy atom. The molecular formula is C32H29F5N4O3. The van der Waals surface area contributed by atoms with E-state index >= 15 is 4.39 Å². The van der Waals surface area contributed by atoms with Gasteiger partial charge in [-0.25, -0.2) is 13.6 Å². The first-order valence-electron chi connectivity index (χ1n) is 13.7. The summed E-state index contributed by atoms with van der Waals surface area (Å²) in [5, 5.41) is 12.1. The Morgan fingerprint density at radius 3 is 2.34 bits per heavy atom. The minimum absolute atomic E-state index is 0.155. The number of benzene rings is 3. The lowest BCUT2D eigenvalue weighted by Gasteiger charge is -2.23. The van der Waals surface area contributed by atoms with Crippen molar-refractivity contribution < 1.29 is 26.7 Å². The van der Waals surface area contributed by atoms with Crippen molar-refractivity contribution in [3.63, 3.8) is 0 Å². The van der Waals surface area contributed by atoms with E-state index in [1.165, 1.54) is 32.2 Å². The van der Waals surface area contributed by atoms with Gasteiger partial charge in [0.15, 0.2) is 11.6 Å².